The van der Waals surface area contributed by atoms with Crippen molar-refractivity contribution in [1.82, 2.24) is 4.90 Å². The molecule has 1 fully saturated rings. The summed E-state index contributed by atoms with van der Waals surface area (Å²) in [4.78, 5) is 24.8. The smallest absolute Gasteiger partial charge is 0.309 e. The van der Waals surface area contributed by atoms with Gasteiger partial charge in [0.2, 0.25) is 5.91 Å². The Morgan fingerprint density at radius 2 is 2.06 bits per heavy atom. The molecule has 4 nitrogen and oxygen atoms in total. The average molecular weight is 247 g/mol. The fourth-order valence-electron chi connectivity index (χ4n) is 2.59. The molecule has 1 aromatic rings. The van der Waals surface area contributed by atoms with E-state index in [1.165, 1.54) is 0 Å². The van der Waals surface area contributed by atoms with Gasteiger partial charge in [0.25, 0.3) is 0 Å². The van der Waals surface area contributed by atoms with E-state index in [9.17, 15) is 9.59 Å². The highest BCUT2D eigenvalue weighted by molar-refractivity contribution is 5.87. The van der Waals surface area contributed by atoms with Crippen LogP contribution in [0.25, 0.3) is 0 Å². The minimum Gasteiger partial charge on any atom is -0.481 e. The number of aliphatic carboxylic acids is 1. The van der Waals surface area contributed by atoms with Gasteiger partial charge < -0.3 is 10.0 Å². The molecule has 1 N–H and O–H groups in total. The molecule has 96 valence electrons. The van der Waals surface area contributed by atoms with Crippen molar-refractivity contribution in [2.45, 2.75) is 32.4 Å². The normalized spacial score (nSPS) is 23.4. The molecule has 0 spiro atoms. The lowest BCUT2D eigenvalue weighted by atomic mass is 9.98. The van der Waals surface area contributed by atoms with Crippen LogP contribution in [0.4, 0.5) is 0 Å². The van der Waals surface area contributed by atoms with Gasteiger partial charge >= 0.3 is 5.97 Å². The lowest BCUT2D eigenvalue weighted by Crippen LogP contribution is -2.36. The summed E-state index contributed by atoms with van der Waals surface area (Å²) < 4.78 is 0. The lowest BCUT2D eigenvalue weighted by Gasteiger charge is -2.25. The van der Waals surface area contributed by atoms with Gasteiger partial charge in [-0.1, -0.05) is 37.3 Å². The predicted molar refractivity (Wildman–Crippen MR) is 66.8 cm³/mol. The fourth-order valence-corrected chi connectivity index (χ4v) is 2.59. The molecule has 0 bridgehead atoms. The van der Waals surface area contributed by atoms with Crippen molar-refractivity contribution in [3.05, 3.63) is 35.9 Å². The summed E-state index contributed by atoms with van der Waals surface area (Å²) in [7, 11) is 0. The van der Waals surface area contributed by atoms with Gasteiger partial charge in [0, 0.05) is 19.0 Å². The van der Waals surface area contributed by atoms with Gasteiger partial charge in [0.1, 0.15) is 0 Å². The second-order valence-corrected chi connectivity index (χ2v) is 4.63. The lowest BCUT2D eigenvalue weighted by molar-refractivity contribution is -0.142. The summed E-state index contributed by atoms with van der Waals surface area (Å²) in [6, 6.07) is 9.49. The van der Waals surface area contributed by atoms with Crippen LogP contribution < -0.4 is 0 Å². The van der Waals surface area contributed by atoms with Crippen molar-refractivity contribution in [2.24, 2.45) is 5.92 Å². The monoisotopic (exact) mass is 247 g/mol. The largest absolute Gasteiger partial charge is 0.481 e. The number of hydrogen-bond donors (Lipinski definition) is 1. The van der Waals surface area contributed by atoms with E-state index in [0.717, 1.165) is 5.56 Å². The van der Waals surface area contributed by atoms with Crippen molar-refractivity contribution in [3.8, 4) is 0 Å². The van der Waals surface area contributed by atoms with Crippen LogP contribution in [0.5, 0.6) is 0 Å². The Morgan fingerprint density at radius 3 is 2.61 bits per heavy atom. The topological polar surface area (TPSA) is 57.6 Å². The number of likely N-dealkylation sites (tertiary alicyclic amines) is 1. The number of carboxylic acid groups (broad SMARTS) is 1. The Bertz CT molecular complexity index is 444. The van der Waals surface area contributed by atoms with E-state index in [-0.39, 0.29) is 18.4 Å². The summed E-state index contributed by atoms with van der Waals surface area (Å²) in [5.74, 6) is -1.49. The highest BCUT2D eigenvalue weighted by Crippen LogP contribution is 2.29. The first-order valence-electron chi connectivity index (χ1n) is 6.19. The molecule has 0 aliphatic carbocycles. The molecule has 1 amide bonds. The molecule has 1 aliphatic rings. The van der Waals surface area contributed by atoms with Crippen LogP contribution >= 0.6 is 0 Å². The predicted octanol–water partition coefficient (Wildman–Crippen LogP) is 1.90. The average Bonchev–Trinajstić information content (AvgIpc) is 2.68. The fraction of sp³-hybridized carbons (Fsp3) is 0.429. The highest BCUT2D eigenvalue weighted by Gasteiger charge is 2.42. The SMILES string of the molecule is CCC1C(C(=O)O)CC(=O)N1Cc1ccccc1. The molecular formula is C14H17NO3. The van der Waals surface area contributed by atoms with Crippen LogP contribution in [0.1, 0.15) is 25.3 Å². The van der Waals surface area contributed by atoms with Gasteiger partial charge in [-0.05, 0) is 12.0 Å². The van der Waals surface area contributed by atoms with Gasteiger partial charge in [-0.2, -0.15) is 0 Å². The second kappa shape index (κ2) is 5.21. The number of carbonyl (C=O) groups is 2. The number of benzene rings is 1. The minimum atomic E-state index is -0.870. The van der Waals surface area contributed by atoms with E-state index in [0.29, 0.717) is 13.0 Å². The van der Waals surface area contributed by atoms with E-state index in [1.54, 1.807) is 4.90 Å². The first kappa shape index (κ1) is 12.6. The second-order valence-electron chi connectivity index (χ2n) is 4.63. The van der Waals surface area contributed by atoms with E-state index in [2.05, 4.69) is 0 Å². The van der Waals surface area contributed by atoms with Crippen LogP contribution in [-0.2, 0) is 16.1 Å². The molecule has 4 heteroatoms. The van der Waals surface area contributed by atoms with Crippen molar-refractivity contribution < 1.29 is 14.7 Å². The van der Waals surface area contributed by atoms with Gasteiger partial charge in [-0.3, -0.25) is 9.59 Å². The Hall–Kier alpha value is -1.84. The first-order chi connectivity index (χ1) is 8.63. The maximum absolute atomic E-state index is 11.9. The van der Waals surface area contributed by atoms with E-state index in [4.69, 9.17) is 5.11 Å². The third-order valence-corrected chi connectivity index (χ3v) is 3.51. The van der Waals surface area contributed by atoms with Crippen LogP contribution in [0.2, 0.25) is 0 Å². The van der Waals surface area contributed by atoms with E-state index >= 15 is 0 Å². The maximum Gasteiger partial charge on any atom is 0.309 e. The number of nitrogens with zero attached hydrogens (tertiary/aromatic N) is 1. The van der Waals surface area contributed by atoms with Crippen molar-refractivity contribution in [2.75, 3.05) is 0 Å². The minimum absolute atomic E-state index is 0.0573. The van der Waals surface area contributed by atoms with Crippen LogP contribution in [0, 0.1) is 5.92 Å². The molecule has 18 heavy (non-hydrogen) atoms. The number of carboxylic acids is 1. The Labute approximate surface area is 106 Å². The van der Waals surface area contributed by atoms with Crippen molar-refractivity contribution in [3.63, 3.8) is 0 Å². The summed E-state index contributed by atoms with van der Waals surface area (Å²) in [5.41, 5.74) is 1.04. The third-order valence-electron chi connectivity index (χ3n) is 3.51. The van der Waals surface area contributed by atoms with Gasteiger partial charge in [0.15, 0.2) is 0 Å². The summed E-state index contributed by atoms with van der Waals surface area (Å²) in [5, 5.41) is 9.14. The van der Waals surface area contributed by atoms with Crippen molar-refractivity contribution >= 4 is 11.9 Å². The Balaban J connectivity index is 2.16. The Kier molecular flexibility index (Phi) is 3.65. The highest BCUT2D eigenvalue weighted by atomic mass is 16.4. The molecule has 2 unspecified atom stereocenters. The zero-order valence-electron chi connectivity index (χ0n) is 10.4. The molecule has 2 rings (SSSR count). The zero-order chi connectivity index (χ0) is 13.1. The van der Waals surface area contributed by atoms with E-state index < -0.39 is 11.9 Å². The number of rotatable bonds is 4. The summed E-state index contributed by atoms with van der Waals surface area (Å²) in [6.45, 7) is 2.43. The van der Waals surface area contributed by atoms with Gasteiger partial charge in [-0.25, -0.2) is 0 Å². The number of amides is 1. The quantitative estimate of drug-likeness (QED) is 0.884. The van der Waals surface area contributed by atoms with Crippen LogP contribution in [0.3, 0.4) is 0 Å². The molecule has 1 saturated heterocycles. The molecule has 0 radical (unpaired) electrons. The summed E-state index contributed by atoms with van der Waals surface area (Å²) >= 11 is 0. The zero-order valence-corrected chi connectivity index (χ0v) is 10.4. The number of carbonyl (C=O) groups excluding carboxylic acids is 1. The molecule has 1 heterocycles. The van der Waals surface area contributed by atoms with Crippen molar-refractivity contribution in [1.29, 1.82) is 0 Å². The van der Waals surface area contributed by atoms with Gasteiger partial charge in [0.05, 0.1) is 5.92 Å². The van der Waals surface area contributed by atoms with Crippen LogP contribution in [0.15, 0.2) is 30.3 Å². The molecule has 0 saturated carbocycles. The van der Waals surface area contributed by atoms with Gasteiger partial charge in [-0.15, -0.1) is 0 Å². The molecule has 2 atom stereocenters. The van der Waals surface area contributed by atoms with E-state index in [1.807, 2.05) is 37.3 Å². The number of hydrogen-bond acceptors (Lipinski definition) is 2. The summed E-state index contributed by atoms with van der Waals surface area (Å²) in [6.07, 6.45) is 0.802. The Morgan fingerprint density at radius 1 is 1.39 bits per heavy atom. The molecule has 1 aliphatic heterocycles. The molecular weight excluding hydrogens is 230 g/mol. The third kappa shape index (κ3) is 2.37. The maximum atomic E-state index is 11.9. The first-order valence-corrected chi connectivity index (χ1v) is 6.19. The van der Waals surface area contributed by atoms with Crippen LogP contribution in [-0.4, -0.2) is 27.9 Å². The molecule has 0 aromatic heterocycles. The standard InChI is InChI=1S/C14H17NO3/c1-2-12-11(14(17)18)8-13(16)15(12)9-10-6-4-3-5-7-10/h3-7,11-12H,2,8-9H2,1H3,(H,17,18). The molecule has 1 aromatic carbocycles.